The molecule has 7 aromatic heterocycles. The number of carbonyl (C=O) groups is 8. The fourth-order valence-electron chi connectivity index (χ4n) is 9.57. The lowest BCUT2D eigenvalue weighted by molar-refractivity contribution is -0.138. The van der Waals surface area contributed by atoms with Crippen molar-refractivity contribution in [1.29, 1.82) is 0 Å². The Labute approximate surface area is 534 Å². The number of ketones is 1. The number of aromatic nitrogens is 7. The van der Waals surface area contributed by atoms with Gasteiger partial charge in [0, 0.05) is 84.3 Å². The molecule has 0 radical (unpaired) electrons. The van der Waals surface area contributed by atoms with Crippen molar-refractivity contribution in [3.8, 4) is 43.4 Å². The van der Waals surface area contributed by atoms with Gasteiger partial charge in [0.1, 0.15) is 77.2 Å². The summed E-state index contributed by atoms with van der Waals surface area (Å²) in [5.74, 6) is -5.27. The molecule has 8 heterocycles. The molecule has 0 saturated carbocycles. The summed E-state index contributed by atoms with van der Waals surface area (Å²) < 4.78 is 5.47. The van der Waals surface area contributed by atoms with Gasteiger partial charge in [0.05, 0.1) is 41.2 Å². The third-order valence-electron chi connectivity index (χ3n) is 14.2. The van der Waals surface area contributed by atoms with E-state index in [0.29, 0.717) is 93.0 Å². The zero-order chi connectivity index (χ0) is 63.5. The summed E-state index contributed by atoms with van der Waals surface area (Å²) in [6.07, 6.45) is -0.207. The van der Waals surface area contributed by atoms with Crippen molar-refractivity contribution >= 4 is 121 Å². The molecule has 24 nitrogen and oxygen atoms in total. The topological polar surface area (TPSA) is 348 Å². The molecule has 1 aliphatic heterocycles. The number of ether oxygens (including phenoxy) is 1. The first kappa shape index (κ1) is 65.5. The van der Waals surface area contributed by atoms with E-state index in [9.17, 15) is 48.6 Å². The standard InChI is InChI=1S/C59H62N12O12S6/c1-29(2)33-21-39(72)47-30(3)88-58(69-47)35(22-42(73)60-4)63-52(81)37-26-84-54(65-37)32-18-19-34(56-67-41(28-87-56)71(20-12-17-46(78)79)44(75)15-10-7-11-16-45(76)77)62-48(32)36-25-85-57(64-36)38-27-86-59(66-38)50(51(80)31-13-8-6-9-14-31)68-43(74)23-61-53(82)49-40(24-83-5)89-55(33)70-49/h6,8-9,13-14,18-19,25-29,33,35,50-51,80H,7,10-12,15-17,20-24H2,1-5H3,(H,60,73)(H,61,82)(H,63,81)(H,68,74)(H,76,77)(H,78,79)/t33?,35-,50-,51-/m0/s1. The molecular formula is C59H62N12O12S6. The van der Waals surface area contributed by atoms with Gasteiger partial charge in [0.2, 0.25) is 17.7 Å². The lowest BCUT2D eigenvalue weighted by Gasteiger charge is -2.23. The third kappa shape index (κ3) is 16.3. The summed E-state index contributed by atoms with van der Waals surface area (Å²) in [5, 5.41) is 50.7. The highest BCUT2D eigenvalue weighted by atomic mass is 32.1. The van der Waals surface area contributed by atoms with Crippen LogP contribution < -0.4 is 26.2 Å². The summed E-state index contributed by atoms with van der Waals surface area (Å²) in [6.45, 7) is 5.17. The van der Waals surface area contributed by atoms with Crippen LogP contribution in [0.15, 0.2) is 64.0 Å². The fourth-order valence-corrected chi connectivity index (χ4v) is 15.2. The van der Waals surface area contributed by atoms with Gasteiger partial charge in [0.25, 0.3) is 11.8 Å². The highest BCUT2D eigenvalue weighted by molar-refractivity contribution is 7.15. The number of Topliss-reactive ketones (excluding diaryl/α,β-unsaturated/α-hetero) is 1. The summed E-state index contributed by atoms with van der Waals surface area (Å²) in [6, 6.07) is 10.1. The zero-order valence-electron chi connectivity index (χ0n) is 48.8. The van der Waals surface area contributed by atoms with Crippen molar-refractivity contribution in [3.05, 3.63) is 111 Å². The summed E-state index contributed by atoms with van der Waals surface area (Å²) in [7, 11) is 2.94. The predicted molar refractivity (Wildman–Crippen MR) is 338 cm³/mol. The summed E-state index contributed by atoms with van der Waals surface area (Å²) >= 11 is 7.15. The number of nitrogens with one attached hydrogen (secondary N) is 4. The van der Waals surface area contributed by atoms with Crippen molar-refractivity contribution < 1.29 is 58.4 Å². The van der Waals surface area contributed by atoms with Crippen LogP contribution >= 0.6 is 68.0 Å². The molecule has 1 aliphatic rings. The van der Waals surface area contributed by atoms with E-state index in [0.717, 1.165) is 11.3 Å². The lowest BCUT2D eigenvalue weighted by Crippen LogP contribution is -2.40. The van der Waals surface area contributed by atoms with E-state index < -0.39 is 66.2 Å². The number of methoxy groups -OCH3 is 1. The maximum Gasteiger partial charge on any atom is 0.303 e. The Balaban J connectivity index is 1.12. The average Bonchev–Trinajstić information content (AvgIpc) is 2.89. The number of nitrogens with zero attached hydrogens (tertiary/aromatic N) is 8. The van der Waals surface area contributed by atoms with Crippen LogP contribution in [0, 0.1) is 12.8 Å². The molecule has 1 aromatic carbocycles. The van der Waals surface area contributed by atoms with E-state index in [1.165, 1.54) is 75.7 Å². The fraction of sp³-hybridized carbons (Fsp3) is 0.373. The number of aliphatic hydroxyl groups is 1. The van der Waals surface area contributed by atoms with Crippen LogP contribution in [0.3, 0.4) is 0 Å². The largest absolute Gasteiger partial charge is 0.481 e. The smallest absolute Gasteiger partial charge is 0.303 e. The van der Waals surface area contributed by atoms with E-state index in [-0.39, 0.29) is 92.2 Å². The minimum atomic E-state index is -1.30. The minimum absolute atomic E-state index is 0.00648. The van der Waals surface area contributed by atoms with Crippen LogP contribution in [-0.2, 0) is 35.3 Å². The Bertz CT molecular complexity index is 3890. The van der Waals surface area contributed by atoms with E-state index in [2.05, 4.69) is 21.3 Å². The molecule has 89 heavy (non-hydrogen) atoms. The average molecular weight is 1320 g/mol. The Kier molecular flexibility index (Phi) is 22.1. The number of benzene rings is 1. The highest BCUT2D eigenvalue weighted by Crippen LogP contribution is 2.41. The molecule has 0 fully saturated rings. The van der Waals surface area contributed by atoms with Gasteiger partial charge in [0.15, 0.2) is 5.78 Å². The maximum absolute atomic E-state index is 14.4. The van der Waals surface area contributed by atoms with E-state index in [1.807, 2.05) is 13.8 Å². The Morgan fingerprint density at radius 3 is 2.12 bits per heavy atom. The Hall–Kier alpha value is -7.97. The number of fused-ring (bicyclic) bond motifs is 14. The van der Waals surface area contributed by atoms with Crippen LogP contribution in [0.1, 0.15) is 158 Å². The molecule has 4 atom stereocenters. The number of aryl methyl sites for hydroxylation is 1. The SMILES string of the molecule is CNC(=O)C[C@@H]1NC(=O)c2csc(n2)-c2ccc(-c3nc(N(CCCC(=O)O)C(=O)CCCCCC(=O)O)cs3)nc2-c2csc(n2)-c2csc(n2)[C@H]([C@@H](O)c2ccccc2)NC(=O)CNC(=O)c2nc(sc2COC)C(C(C)C)CC(=O)c2nc1sc2C. The van der Waals surface area contributed by atoms with Crippen molar-refractivity contribution in [2.75, 3.05) is 32.1 Å². The minimum Gasteiger partial charge on any atom is -0.481 e. The zero-order valence-corrected chi connectivity index (χ0v) is 53.7. The molecule has 10 bridgehead atoms. The van der Waals surface area contributed by atoms with Crippen LogP contribution in [0.5, 0.6) is 0 Å². The van der Waals surface area contributed by atoms with Crippen LogP contribution in [0.4, 0.5) is 5.82 Å². The lowest BCUT2D eigenvalue weighted by atomic mass is 9.90. The number of carbonyl (C=O) groups excluding carboxylic acids is 6. The monoisotopic (exact) mass is 1320 g/mol. The summed E-state index contributed by atoms with van der Waals surface area (Å²) in [5.41, 5.74) is 2.60. The van der Waals surface area contributed by atoms with Gasteiger partial charge in [-0.3, -0.25) is 43.3 Å². The number of carboxylic acids is 2. The number of thiazole rings is 6. The van der Waals surface area contributed by atoms with Gasteiger partial charge in [-0.2, -0.15) is 0 Å². The highest BCUT2D eigenvalue weighted by Gasteiger charge is 2.33. The quantitative estimate of drug-likeness (QED) is 0.0370. The molecule has 9 rings (SSSR count). The number of aliphatic carboxylic acids is 2. The van der Waals surface area contributed by atoms with Gasteiger partial charge in [-0.1, -0.05) is 50.6 Å². The number of aliphatic hydroxyl groups excluding tert-OH is 1. The first-order valence-corrected chi connectivity index (χ1v) is 33.3. The second-order valence-corrected chi connectivity index (χ2v) is 26.7. The molecule has 30 heteroatoms. The molecule has 466 valence electrons. The molecule has 0 saturated heterocycles. The van der Waals surface area contributed by atoms with Gasteiger partial charge >= 0.3 is 11.9 Å². The first-order valence-electron chi connectivity index (χ1n) is 28.2. The maximum atomic E-state index is 14.4. The second-order valence-electron chi connectivity index (χ2n) is 20.9. The van der Waals surface area contributed by atoms with Crippen LogP contribution in [0.2, 0.25) is 0 Å². The number of hydrogen-bond acceptors (Lipinski definition) is 23. The van der Waals surface area contributed by atoms with Crippen molar-refractivity contribution in [2.45, 2.75) is 109 Å². The van der Waals surface area contributed by atoms with Crippen molar-refractivity contribution in [2.24, 2.45) is 5.92 Å². The molecule has 0 spiro atoms. The number of carboxylic acid groups (broad SMARTS) is 2. The van der Waals surface area contributed by atoms with Crippen molar-refractivity contribution in [1.82, 2.24) is 56.2 Å². The number of unbranched alkanes of at least 4 members (excludes halogenated alkanes) is 2. The third-order valence-corrected chi connectivity index (χ3v) is 20.0. The number of rotatable bonds is 19. The molecule has 1 unspecified atom stereocenters. The summed E-state index contributed by atoms with van der Waals surface area (Å²) in [4.78, 5) is 143. The van der Waals surface area contributed by atoms with Gasteiger partial charge in [-0.15, -0.1) is 68.0 Å². The number of amides is 5. The van der Waals surface area contributed by atoms with E-state index in [1.54, 1.807) is 70.9 Å². The first-order chi connectivity index (χ1) is 42.8. The molecule has 7 N–H and O–H groups in total. The van der Waals surface area contributed by atoms with Crippen LogP contribution in [0.25, 0.3) is 43.4 Å². The molecule has 8 aromatic rings. The van der Waals surface area contributed by atoms with Gasteiger partial charge in [-0.25, -0.2) is 34.9 Å². The normalized spacial score (nSPS) is 16.1. The number of pyridine rings is 1. The van der Waals surface area contributed by atoms with Crippen LogP contribution in [-0.4, -0.2) is 125 Å². The Morgan fingerprint density at radius 1 is 0.697 bits per heavy atom. The molecular weight excluding hydrogens is 1260 g/mol. The van der Waals surface area contributed by atoms with E-state index in [4.69, 9.17) is 44.7 Å². The number of anilines is 1. The van der Waals surface area contributed by atoms with Gasteiger partial charge in [-0.05, 0) is 49.8 Å². The second kappa shape index (κ2) is 30.0. The molecule has 5 amide bonds. The predicted octanol–water partition coefficient (Wildman–Crippen LogP) is 9.43. The Morgan fingerprint density at radius 2 is 1.38 bits per heavy atom. The van der Waals surface area contributed by atoms with E-state index >= 15 is 0 Å². The van der Waals surface area contributed by atoms with Gasteiger partial charge < -0.3 is 41.3 Å². The van der Waals surface area contributed by atoms with Crippen molar-refractivity contribution in [3.63, 3.8) is 0 Å². The number of hydrogen-bond donors (Lipinski definition) is 7. The molecule has 0 aliphatic carbocycles.